The standard InChI is InChI=1S/C14H14BrF2N3/c15-10-5-12(17)13(6-11(10)16)20-8-19-7-14(20)9-1-3-18-4-2-9/h5-9,18H,1-4H2. The van der Waals surface area contributed by atoms with Gasteiger partial charge in [-0.1, -0.05) is 0 Å². The Morgan fingerprint density at radius 2 is 1.95 bits per heavy atom. The first kappa shape index (κ1) is 13.7. The summed E-state index contributed by atoms with van der Waals surface area (Å²) in [5.74, 6) is -0.623. The van der Waals surface area contributed by atoms with Crippen molar-refractivity contribution in [1.82, 2.24) is 14.9 Å². The number of halogens is 3. The highest BCUT2D eigenvalue weighted by molar-refractivity contribution is 9.10. The van der Waals surface area contributed by atoms with Crippen LogP contribution in [-0.4, -0.2) is 22.6 Å². The lowest BCUT2D eigenvalue weighted by atomic mass is 9.95. The van der Waals surface area contributed by atoms with Crippen molar-refractivity contribution >= 4 is 15.9 Å². The van der Waals surface area contributed by atoms with E-state index in [9.17, 15) is 8.78 Å². The van der Waals surface area contributed by atoms with E-state index in [2.05, 4.69) is 26.2 Å². The largest absolute Gasteiger partial charge is 0.317 e. The van der Waals surface area contributed by atoms with Crippen LogP contribution in [0.1, 0.15) is 24.5 Å². The minimum atomic E-state index is -0.480. The summed E-state index contributed by atoms with van der Waals surface area (Å²) >= 11 is 2.99. The van der Waals surface area contributed by atoms with Crippen molar-refractivity contribution in [3.8, 4) is 5.69 Å². The zero-order valence-electron chi connectivity index (χ0n) is 10.7. The summed E-state index contributed by atoms with van der Waals surface area (Å²) in [6.45, 7) is 1.88. The second kappa shape index (κ2) is 5.61. The number of piperidine rings is 1. The third-order valence-electron chi connectivity index (χ3n) is 3.67. The van der Waals surface area contributed by atoms with Gasteiger partial charge in [0.1, 0.15) is 11.6 Å². The molecule has 0 unspecified atom stereocenters. The number of aromatic nitrogens is 2. The van der Waals surface area contributed by atoms with Crippen LogP contribution in [0.5, 0.6) is 0 Å². The fourth-order valence-corrected chi connectivity index (χ4v) is 2.94. The normalized spacial score (nSPS) is 16.6. The van der Waals surface area contributed by atoms with E-state index in [0.29, 0.717) is 5.92 Å². The molecule has 6 heteroatoms. The zero-order chi connectivity index (χ0) is 14.1. The third-order valence-corrected chi connectivity index (χ3v) is 4.28. The Labute approximate surface area is 124 Å². The molecule has 0 atom stereocenters. The Morgan fingerprint density at radius 3 is 2.70 bits per heavy atom. The molecule has 1 N–H and O–H groups in total. The number of nitrogens with one attached hydrogen (secondary N) is 1. The van der Waals surface area contributed by atoms with Gasteiger partial charge in [0.05, 0.1) is 16.5 Å². The summed E-state index contributed by atoms with van der Waals surface area (Å²) in [5, 5.41) is 3.29. The van der Waals surface area contributed by atoms with Gasteiger partial charge in [0.15, 0.2) is 0 Å². The number of hydrogen-bond donors (Lipinski definition) is 1. The summed E-state index contributed by atoms with van der Waals surface area (Å²) < 4.78 is 29.5. The van der Waals surface area contributed by atoms with Gasteiger partial charge in [-0.25, -0.2) is 13.8 Å². The molecule has 1 saturated heterocycles. The predicted molar refractivity (Wildman–Crippen MR) is 76.0 cm³/mol. The Hall–Kier alpha value is -1.27. The van der Waals surface area contributed by atoms with E-state index in [1.165, 1.54) is 6.07 Å². The average molecular weight is 342 g/mol. The molecule has 0 spiro atoms. The van der Waals surface area contributed by atoms with Crippen LogP contribution in [0.2, 0.25) is 0 Å². The van der Waals surface area contributed by atoms with E-state index in [4.69, 9.17) is 0 Å². The van der Waals surface area contributed by atoms with Gasteiger partial charge in [-0.3, -0.25) is 4.57 Å². The predicted octanol–water partition coefficient (Wildman–Crippen LogP) is 3.38. The van der Waals surface area contributed by atoms with Crippen molar-refractivity contribution in [2.45, 2.75) is 18.8 Å². The summed E-state index contributed by atoms with van der Waals surface area (Å²) in [5.41, 5.74) is 1.14. The maximum atomic E-state index is 14.1. The molecule has 1 aliphatic heterocycles. The molecule has 0 radical (unpaired) electrons. The highest BCUT2D eigenvalue weighted by Gasteiger charge is 2.21. The quantitative estimate of drug-likeness (QED) is 0.848. The van der Waals surface area contributed by atoms with Crippen molar-refractivity contribution < 1.29 is 8.78 Å². The summed E-state index contributed by atoms with van der Waals surface area (Å²) in [6, 6.07) is 2.35. The average Bonchev–Trinajstić information content (AvgIpc) is 2.93. The van der Waals surface area contributed by atoms with Gasteiger partial charge in [-0.05, 0) is 47.9 Å². The van der Waals surface area contributed by atoms with Crippen LogP contribution < -0.4 is 5.32 Å². The lowest BCUT2D eigenvalue weighted by Gasteiger charge is -2.23. The Kier molecular flexibility index (Phi) is 3.85. The van der Waals surface area contributed by atoms with Crippen molar-refractivity contribution in [1.29, 1.82) is 0 Å². The van der Waals surface area contributed by atoms with E-state index in [-0.39, 0.29) is 10.2 Å². The Bertz CT molecular complexity index is 621. The first-order chi connectivity index (χ1) is 9.66. The number of nitrogens with zero attached hydrogens (tertiary/aromatic N) is 2. The first-order valence-electron chi connectivity index (χ1n) is 6.54. The van der Waals surface area contributed by atoms with Gasteiger partial charge < -0.3 is 5.32 Å². The lowest BCUT2D eigenvalue weighted by molar-refractivity contribution is 0.448. The van der Waals surface area contributed by atoms with Gasteiger partial charge >= 0.3 is 0 Å². The number of imidazole rings is 1. The van der Waals surface area contributed by atoms with Gasteiger partial charge in [0.25, 0.3) is 0 Å². The molecule has 1 aromatic carbocycles. The highest BCUT2D eigenvalue weighted by Crippen LogP contribution is 2.29. The van der Waals surface area contributed by atoms with Crippen LogP contribution in [0, 0.1) is 11.6 Å². The third kappa shape index (κ3) is 2.50. The monoisotopic (exact) mass is 341 g/mol. The minimum absolute atomic E-state index is 0.127. The summed E-state index contributed by atoms with van der Waals surface area (Å²) in [7, 11) is 0. The van der Waals surface area contributed by atoms with Crippen molar-refractivity contribution in [3.05, 3.63) is 46.5 Å². The van der Waals surface area contributed by atoms with Crippen LogP contribution in [-0.2, 0) is 0 Å². The van der Waals surface area contributed by atoms with Crippen LogP contribution in [0.3, 0.4) is 0 Å². The molecule has 0 bridgehead atoms. The van der Waals surface area contributed by atoms with Gasteiger partial charge in [-0.15, -0.1) is 0 Å². The maximum absolute atomic E-state index is 14.1. The SMILES string of the molecule is Fc1cc(-n2cncc2C2CCNCC2)c(F)cc1Br. The van der Waals surface area contributed by atoms with E-state index in [1.807, 2.05) is 0 Å². The molecular formula is C14H14BrF2N3. The van der Waals surface area contributed by atoms with Gasteiger partial charge in [0, 0.05) is 23.9 Å². The van der Waals surface area contributed by atoms with Crippen molar-refractivity contribution in [3.63, 3.8) is 0 Å². The molecule has 2 aromatic rings. The van der Waals surface area contributed by atoms with Gasteiger partial charge in [-0.2, -0.15) is 0 Å². The molecule has 3 nitrogen and oxygen atoms in total. The number of hydrogen-bond acceptors (Lipinski definition) is 2. The summed E-state index contributed by atoms with van der Waals surface area (Å²) in [6.07, 6.45) is 5.25. The molecule has 0 saturated carbocycles. The first-order valence-corrected chi connectivity index (χ1v) is 7.34. The fourth-order valence-electron chi connectivity index (χ4n) is 2.62. The second-order valence-corrected chi connectivity index (χ2v) is 5.78. The molecule has 20 heavy (non-hydrogen) atoms. The van der Waals surface area contributed by atoms with E-state index < -0.39 is 11.6 Å². The molecule has 3 rings (SSSR count). The van der Waals surface area contributed by atoms with Crippen LogP contribution in [0.15, 0.2) is 29.1 Å². The molecular weight excluding hydrogens is 328 g/mol. The molecule has 0 amide bonds. The van der Waals surface area contributed by atoms with Crippen LogP contribution in [0.4, 0.5) is 8.78 Å². The fraction of sp³-hybridized carbons (Fsp3) is 0.357. The number of rotatable bonds is 2. The lowest BCUT2D eigenvalue weighted by Crippen LogP contribution is -2.27. The van der Waals surface area contributed by atoms with Crippen LogP contribution in [0.25, 0.3) is 5.69 Å². The van der Waals surface area contributed by atoms with Crippen molar-refractivity contribution in [2.24, 2.45) is 0 Å². The Balaban J connectivity index is 2.03. The minimum Gasteiger partial charge on any atom is -0.317 e. The summed E-state index contributed by atoms with van der Waals surface area (Å²) in [4.78, 5) is 4.11. The molecule has 106 valence electrons. The zero-order valence-corrected chi connectivity index (χ0v) is 12.3. The van der Waals surface area contributed by atoms with Gasteiger partial charge in [0.2, 0.25) is 0 Å². The van der Waals surface area contributed by atoms with Crippen molar-refractivity contribution in [2.75, 3.05) is 13.1 Å². The topological polar surface area (TPSA) is 29.9 Å². The molecule has 0 aliphatic carbocycles. The van der Waals surface area contributed by atoms with E-state index >= 15 is 0 Å². The van der Waals surface area contributed by atoms with E-state index in [0.717, 1.165) is 37.7 Å². The molecule has 1 fully saturated rings. The molecule has 1 aliphatic rings. The Morgan fingerprint density at radius 1 is 1.20 bits per heavy atom. The van der Waals surface area contributed by atoms with E-state index in [1.54, 1.807) is 17.1 Å². The molecule has 1 aromatic heterocycles. The second-order valence-electron chi connectivity index (χ2n) is 4.93. The maximum Gasteiger partial charge on any atom is 0.148 e. The number of benzene rings is 1. The highest BCUT2D eigenvalue weighted by atomic mass is 79.9. The van der Waals surface area contributed by atoms with Crippen LogP contribution >= 0.6 is 15.9 Å². The molecule has 2 heterocycles. The smallest absolute Gasteiger partial charge is 0.148 e.